The fourth-order valence-corrected chi connectivity index (χ4v) is 2.88. The summed E-state index contributed by atoms with van der Waals surface area (Å²) in [7, 11) is 0. The third-order valence-electron chi connectivity index (χ3n) is 4.25. The highest BCUT2D eigenvalue weighted by Crippen LogP contribution is 2.33. The van der Waals surface area contributed by atoms with E-state index in [2.05, 4.69) is 17.1 Å². The van der Waals surface area contributed by atoms with E-state index in [1.807, 2.05) is 0 Å². The number of piperidine rings is 1. The van der Waals surface area contributed by atoms with Gasteiger partial charge in [-0.3, -0.25) is 0 Å². The molecule has 0 amide bonds. The molecule has 1 unspecified atom stereocenters. The molecule has 2 aliphatic rings. The first kappa shape index (κ1) is 13.3. The highest BCUT2D eigenvalue weighted by molar-refractivity contribution is 4.85. The highest BCUT2D eigenvalue weighted by Gasteiger charge is 2.29. The SMILES string of the molecule is CCC(NCCCN1CCC(O)CC1)C1CC1. The second kappa shape index (κ2) is 6.72. The number of nitrogens with one attached hydrogen (secondary N) is 1. The van der Waals surface area contributed by atoms with Crippen molar-refractivity contribution in [1.82, 2.24) is 10.2 Å². The van der Waals surface area contributed by atoms with Crippen LogP contribution in [0, 0.1) is 5.92 Å². The Morgan fingerprint density at radius 1 is 1.24 bits per heavy atom. The van der Waals surface area contributed by atoms with E-state index in [-0.39, 0.29) is 6.10 Å². The fraction of sp³-hybridized carbons (Fsp3) is 1.00. The lowest BCUT2D eigenvalue weighted by Gasteiger charge is -2.29. The lowest BCUT2D eigenvalue weighted by molar-refractivity contribution is 0.0820. The molecule has 0 aromatic rings. The monoisotopic (exact) mass is 240 g/mol. The van der Waals surface area contributed by atoms with Gasteiger partial charge >= 0.3 is 0 Å². The molecule has 2 N–H and O–H groups in total. The van der Waals surface area contributed by atoms with Crippen LogP contribution in [-0.2, 0) is 0 Å². The lowest BCUT2D eigenvalue weighted by atomic mass is 10.1. The van der Waals surface area contributed by atoms with Gasteiger partial charge in [0.15, 0.2) is 0 Å². The highest BCUT2D eigenvalue weighted by atomic mass is 16.3. The predicted molar refractivity (Wildman–Crippen MR) is 71.1 cm³/mol. The van der Waals surface area contributed by atoms with Gasteiger partial charge in [0, 0.05) is 19.1 Å². The van der Waals surface area contributed by atoms with E-state index >= 15 is 0 Å². The Balaban J connectivity index is 1.50. The van der Waals surface area contributed by atoms with Gasteiger partial charge in [0.25, 0.3) is 0 Å². The van der Waals surface area contributed by atoms with Gasteiger partial charge in [0.05, 0.1) is 6.10 Å². The molecule has 2 fully saturated rings. The molecule has 3 heteroatoms. The van der Waals surface area contributed by atoms with Crippen LogP contribution in [-0.4, -0.2) is 48.3 Å². The summed E-state index contributed by atoms with van der Waals surface area (Å²) in [5.74, 6) is 0.977. The molecule has 1 heterocycles. The van der Waals surface area contributed by atoms with Crippen molar-refractivity contribution in [2.24, 2.45) is 5.92 Å². The summed E-state index contributed by atoms with van der Waals surface area (Å²) >= 11 is 0. The molecular formula is C14H28N2O. The summed E-state index contributed by atoms with van der Waals surface area (Å²) < 4.78 is 0. The van der Waals surface area contributed by atoms with Crippen LogP contribution in [0.1, 0.15) is 45.4 Å². The molecular weight excluding hydrogens is 212 g/mol. The van der Waals surface area contributed by atoms with Gasteiger partial charge in [-0.15, -0.1) is 0 Å². The van der Waals surface area contributed by atoms with E-state index in [9.17, 15) is 5.11 Å². The molecule has 0 spiro atoms. The van der Waals surface area contributed by atoms with Crippen molar-refractivity contribution in [1.29, 1.82) is 0 Å². The maximum atomic E-state index is 9.43. The zero-order chi connectivity index (χ0) is 12.1. The van der Waals surface area contributed by atoms with Gasteiger partial charge < -0.3 is 15.3 Å². The van der Waals surface area contributed by atoms with E-state index in [0.717, 1.165) is 44.4 Å². The Hall–Kier alpha value is -0.120. The van der Waals surface area contributed by atoms with E-state index in [1.165, 1.54) is 32.2 Å². The molecule has 0 aromatic heterocycles. The van der Waals surface area contributed by atoms with Crippen molar-refractivity contribution in [2.45, 2.75) is 57.6 Å². The Labute approximate surface area is 106 Å². The first-order valence-corrected chi connectivity index (χ1v) is 7.43. The second-order valence-corrected chi connectivity index (χ2v) is 5.73. The quantitative estimate of drug-likeness (QED) is 0.664. The zero-order valence-corrected chi connectivity index (χ0v) is 11.2. The summed E-state index contributed by atoms with van der Waals surface area (Å²) in [5.41, 5.74) is 0. The van der Waals surface area contributed by atoms with E-state index in [4.69, 9.17) is 0 Å². The summed E-state index contributed by atoms with van der Waals surface area (Å²) in [5, 5.41) is 13.1. The van der Waals surface area contributed by atoms with Crippen molar-refractivity contribution in [3.8, 4) is 0 Å². The lowest BCUT2D eigenvalue weighted by Crippen LogP contribution is -2.38. The van der Waals surface area contributed by atoms with Crippen LogP contribution in [0.3, 0.4) is 0 Å². The Morgan fingerprint density at radius 3 is 2.53 bits per heavy atom. The zero-order valence-electron chi connectivity index (χ0n) is 11.2. The molecule has 17 heavy (non-hydrogen) atoms. The largest absolute Gasteiger partial charge is 0.393 e. The van der Waals surface area contributed by atoms with Crippen LogP contribution in [0.2, 0.25) is 0 Å². The van der Waals surface area contributed by atoms with Crippen LogP contribution in [0.4, 0.5) is 0 Å². The van der Waals surface area contributed by atoms with Crippen molar-refractivity contribution in [3.05, 3.63) is 0 Å². The van der Waals surface area contributed by atoms with Crippen LogP contribution in [0.5, 0.6) is 0 Å². The molecule has 3 nitrogen and oxygen atoms in total. The second-order valence-electron chi connectivity index (χ2n) is 5.73. The Bertz CT molecular complexity index is 210. The Morgan fingerprint density at radius 2 is 1.94 bits per heavy atom. The average molecular weight is 240 g/mol. The molecule has 100 valence electrons. The summed E-state index contributed by atoms with van der Waals surface area (Å²) in [6, 6.07) is 0.776. The first-order valence-electron chi connectivity index (χ1n) is 7.43. The molecule has 1 saturated carbocycles. The van der Waals surface area contributed by atoms with E-state index in [1.54, 1.807) is 0 Å². The molecule has 1 aliphatic heterocycles. The number of nitrogens with zero attached hydrogens (tertiary/aromatic N) is 1. The fourth-order valence-electron chi connectivity index (χ4n) is 2.88. The number of hydrogen-bond acceptors (Lipinski definition) is 3. The predicted octanol–water partition coefficient (Wildman–Crippen LogP) is 1.61. The van der Waals surface area contributed by atoms with Crippen LogP contribution < -0.4 is 5.32 Å². The topological polar surface area (TPSA) is 35.5 Å². The van der Waals surface area contributed by atoms with Crippen molar-refractivity contribution in [2.75, 3.05) is 26.2 Å². The smallest absolute Gasteiger partial charge is 0.0564 e. The maximum absolute atomic E-state index is 9.43. The minimum atomic E-state index is -0.0382. The first-order chi connectivity index (χ1) is 8.29. The van der Waals surface area contributed by atoms with Crippen molar-refractivity contribution >= 4 is 0 Å². The Kier molecular flexibility index (Phi) is 5.26. The molecule has 1 aliphatic carbocycles. The van der Waals surface area contributed by atoms with Crippen LogP contribution in [0.25, 0.3) is 0 Å². The maximum Gasteiger partial charge on any atom is 0.0564 e. The van der Waals surface area contributed by atoms with Gasteiger partial charge in [-0.25, -0.2) is 0 Å². The third kappa shape index (κ3) is 4.57. The minimum absolute atomic E-state index is 0.0382. The molecule has 0 bridgehead atoms. The average Bonchev–Trinajstić information content (AvgIpc) is 3.16. The van der Waals surface area contributed by atoms with Crippen LogP contribution in [0.15, 0.2) is 0 Å². The van der Waals surface area contributed by atoms with Gasteiger partial charge in [0.1, 0.15) is 0 Å². The number of likely N-dealkylation sites (tertiary alicyclic amines) is 1. The number of hydrogen-bond donors (Lipinski definition) is 2. The van der Waals surface area contributed by atoms with Gasteiger partial charge in [-0.2, -0.15) is 0 Å². The van der Waals surface area contributed by atoms with Gasteiger partial charge in [-0.05, 0) is 57.5 Å². The van der Waals surface area contributed by atoms with Gasteiger partial charge in [-0.1, -0.05) is 6.92 Å². The van der Waals surface area contributed by atoms with E-state index < -0.39 is 0 Å². The van der Waals surface area contributed by atoms with Crippen LogP contribution >= 0.6 is 0 Å². The van der Waals surface area contributed by atoms with Crippen molar-refractivity contribution in [3.63, 3.8) is 0 Å². The molecule has 1 saturated heterocycles. The van der Waals surface area contributed by atoms with Crippen molar-refractivity contribution < 1.29 is 5.11 Å². The molecule has 2 rings (SSSR count). The van der Waals surface area contributed by atoms with Gasteiger partial charge in [0.2, 0.25) is 0 Å². The van der Waals surface area contributed by atoms with E-state index in [0.29, 0.717) is 0 Å². The summed E-state index contributed by atoms with van der Waals surface area (Å²) in [6.45, 7) is 6.82. The number of aliphatic hydroxyl groups is 1. The summed E-state index contributed by atoms with van der Waals surface area (Å²) in [6.07, 6.45) is 7.30. The summed E-state index contributed by atoms with van der Waals surface area (Å²) in [4.78, 5) is 2.49. The minimum Gasteiger partial charge on any atom is -0.393 e. The number of aliphatic hydroxyl groups excluding tert-OH is 1. The molecule has 1 atom stereocenters. The third-order valence-corrected chi connectivity index (χ3v) is 4.25. The molecule has 0 aromatic carbocycles. The normalized spacial score (nSPS) is 25.1. The molecule has 0 radical (unpaired) electrons. The standard InChI is InChI=1S/C14H28N2O/c1-2-14(12-4-5-12)15-8-3-9-16-10-6-13(17)7-11-16/h12-15,17H,2-11H2,1H3. The number of rotatable bonds is 7.